The molecule has 30 heavy (non-hydrogen) atoms. The van der Waals surface area contributed by atoms with Crippen molar-refractivity contribution in [3.8, 4) is 0 Å². The number of carboxylic acids is 2. The van der Waals surface area contributed by atoms with Gasteiger partial charge in [-0.2, -0.15) is 0 Å². The summed E-state index contributed by atoms with van der Waals surface area (Å²) >= 11 is 0. The third kappa shape index (κ3) is 15.4. The third-order valence-electron chi connectivity index (χ3n) is 6.23. The van der Waals surface area contributed by atoms with Gasteiger partial charge in [0.15, 0.2) is 5.41 Å². The van der Waals surface area contributed by atoms with Crippen LogP contribution in [-0.2, 0) is 9.59 Å². The number of aliphatic carboxylic acids is 2. The first kappa shape index (κ1) is 31.7. The van der Waals surface area contributed by atoms with Gasteiger partial charge in [-0.15, -0.1) is 0 Å². The number of rotatable bonds is 22. The predicted molar refractivity (Wildman–Crippen MR) is 123 cm³/mol. The zero-order valence-electron chi connectivity index (χ0n) is 21.4. The van der Waals surface area contributed by atoms with Crippen LogP contribution in [-0.4, -0.2) is 22.2 Å². The van der Waals surface area contributed by atoms with Gasteiger partial charge in [-0.05, 0) is 12.8 Å². The van der Waals surface area contributed by atoms with Crippen molar-refractivity contribution in [1.29, 1.82) is 0 Å². The van der Waals surface area contributed by atoms with Gasteiger partial charge in [0, 0.05) is 0 Å². The average molecular weight is 421 g/mol. The van der Waals surface area contributed by atoms with E-state index in [0.717, 1.165) is 25.7 Å². The van der Waals surface area contributed by atoms with E-state index in [9.17, 15) is 19.8 Å². The van der Waals surface area contributed by atoms with E-state index in [4.69, 9.17) is 0 Å². The van der Waals surface area contributed by atoms with Gasteiger partial charge in [0.25, 0.3) is 0 Å². The van der Waals surface area contributed by atoms with Crippen molar-refractivity contribution in [1.82, 2.24) is 0 Å². The molecule has 174 valence electrons. The topological polar surface area (TPSA) is 74.6 Å². The van der Waals surface area contributed by atoms with Crippen LogP contribution in [0, 0.1) is 5.41 Å². The Morgan fingerprint density at radius 1 is 0.533 bits per heavy atom. The van der Waals surface area contributed by atoms with Crippen molar-refractivity contribution in [3.05, 3.63) is 0 Å². The maximum Gasteiger partial charge on any atom is 1.00 e. The van der Waals surface area contributed by atoms with Crippen LogP contribution >= 0.6 is 0 Å². The van der Waals surface area contributed by atoms with Crippen LogP contribution < -0.4 is 18.9 Å². The van der Waals surface area contributed by atoms with E-state index in [2.05, 4.69) is 13.8 Å². The molecule has 0 heterocycles. The first-order valence-corrected chi connectivity index (χ1v) is 12.5. The smallest absolute Gasteiger partial charge is 1.00 e. The molecule has 0 aliphatic carbocycles. The van der Waals surface area contributed by atoms with Gasteiger partial charge in [-0.25, -0.2) is 0 Å². The first-order valence-electron chi connectivity index (χ1n) is 12.5. The summed E-state index contributed by atoms with van der Waals surface area (Å²) in [5.41, 5.74) is -1.58. The molecule has 0 atom stereocenters. The number of carboxylic acid groups (broad SMARTS) is 2. The minimum Gasteiger partial charge on any atom is -1.00 e. The van der Waals surface area contributed by atoms with Crippen LogP contribution in [0.2, 0.25) is 0 Å². The van der Waals surface area contributed by atoms with Crippen LogP contribution in [0.25, 0.3) is 0 Å². The molecule has 0 rings (SSSR count). The maximum absolute atomic E-state index is 11.8. The van der Waals surface area contributed by atoms with Gasteiger partial charge in [-0.1, -0.05) is 129 Å². The van der Waals surface area contributed by atoms with E-state index >= 15 is 0 Å². The number of hydrogen-bond donors (Lipinski definition) is 2. The molecule has 0 amide bonds. The van der Waals surface area contributed by atoms with Crippen molar-refractivity contribution < 1.29 is 40.1 Å². The van der Waals surface area contributed by atoms with E-state index in [1.807, 2.05) is 0 Å². The zero-order chi connectivity index (χ0) is 21.8. The van der Waals surface area contributed by atoms with Crippen molar-refractivity contribution in [2.45, 2.75) is 142 Å². The Morgan fingerprint density at radius 3 is 1.00 bits per heavy atom. The second-order valence-electron chi connectivity index (χ2n) is 8.85. The van der Waals surface area contributed by atoms with E-state index in [1.165, 1.54) is 77.0 Å². The van der Waals surface area contributed by atoms with Crippen molar-refractivity contribution >= 4 is 11.9 Å². The zero-order valence-corrected chi connectivity index (χ0v) is 20.4. The van der Waals surface area contributed by atoms with Crippen LogP contribution in [0.15, 0.2) is 0 Å². The fourth-order valence-electron chi connectivity index (χ4n) is 4.12. The largest absolute Gasteiger partial charge is 1.00 e. The summed E-state index contributed by atoms with van der Waals surface area (Å²) in [4.78, 5) is 23.6. The quantitative estimate of drug-likeness (QED) is 0.145. The molecule has 4 nitrogen and oxygen atoms in total. The number of unbranched alkanes of at least 4 members (excludes halogenated alkanes) is 16. The molecule has 0 bridgehead atoms. The Balaban J connectivity index is -0.00000392. The van der Waals surface area contributed by atoms with E-state index in [-0.39, 0.29) is 33.1 Å². The Bertz CT molecular complexity index is 380. The maximum atomic E-state index is 11.8. The second-order valence-corrected chi connectivity index (χ2v) is 8.85. The third-order valence-corrected chi connectivity index (χ3v) is 6.23. The molecule has 2 N–H and O–H groups in total. The SMILES string of the molecule is CCCCCCCCCCCC(CCCCCCCCCCC)(C(=O)O)C(=O)O.[H-].[Li+]. The first-order chi connectivity index (χ1) is 14.0. The molecule has 0 aliphatic rings. The van der Waals surface area contributed by atoms with Gasteiger partial charge in [0.1, 0.15) is 0 Å². The van der Waals surface area contributed by atoms with Crippen LogP contribution in [0.3, 0.4) is 0 Å². The molecule has 0 saturated carbocycles. The molecule has 0 aromatic heterocycles. The van der Waals surface area contributed by atoms with Gasteiger partial charge in [-0.3, -0.25) is 9.59 Å². The van der Waals surface area contributed by atoms with Gasteiger partial charge in [0.2, 0.25) is 0 Å². The summed E-state index contributed by atoms with van der Waals surface area (Å²) in [7, 11) is 0. The standard InChI is InChI=1S/C25H48O4.Li.H/c1-3-5-7-9-11-13-15-17-19-21-25(23(26)27,24(28)29)22-20-18-16-14-12-10-8-6-4-2;;/h3-22H2,1-2H3,(H,26,27)(H,28,29);;/q;+1;-1. The summed E-state index contributed by atoms with van der Waals surface area (Å²) in [6, 6.07) is 0. The van der Waals surface area contributed by atoms with E-state index in [0.29, 0.717) is 12.8 Å². The molecule has 5 heteroatoms. The molecule has 0 unspecified atom stereocenters. The molecule has 0 fully saturated rings. The minimum atomic E-state index is -1.58. The summed E-state index contributed by atoms with van der Waals surface area (Å²) in [5, 5.41) is 19.3. The molecule has 0 aliphatic heterocycles. The Labute approximate surface area is 199 Å². The Kier molecular flexibility index (Phi) is 23.0. The average Bonchev–Trinajstić information content (AvgIpc) is 2.69. The van der Waals surface area contributed by atoms with E-state index < -0.39 is 17.4 Å². The molecule has 0 saturated heterocycles. The van der Waals surface area contributed by atoms with Crippen LogP contribution in [0.1, 0.15) is 144 Å². The molecular weight excluding hydrogens is 371 g/mol. The minimum absolute atomic E-state index is 0. The Morgan fingerprint density at radius 2 is 0.767 bits per heavy atom. The second kappa shape index (κ2) is 21.8. The molecule has 0 spiro atoms. The van der Waals surface area contributed by atoms with Crippen molar-refractivity contribution in [2.24, 2.45) is 5.41 Å². The van der Waals surface area contributed by atoms with E-state index in [1.54, 1.807) is 0 Å². The Hall–Kier alpha value is -0.463. The summed E-state index contributed by atoms with van der Waals surface area (Å²) in [6.07, 6.45) is 21.1. The summed E-state index contributed by atoms with van der Waals surface area (Å²) in [6.45, 7) is 4.43. The number of hydrogen-bond acceptors (Lipinski definition) is 2. The van der Waals surface area contributed by atoms with Crippen LogP contribution in [0.5, 0.6) is 0 Å². The predicted octanol–water partition coefficient (Wildman–Crippen LogP) is 5.10. The molecule has 0 radical (unpaired) electrons. The monoisotopic (exact) mass is 420 g/mol. The normalized spacial score (nSPS) is 11.3. The van der Waals surface area contributed by atoms with Crippen molar-refractivity contribution in [2.75, 3.05) is 0 Å². The summed E-state index contributed by atoms with van der Waals surface area (Å²) < 4.78 is 0. The fourth-order valence-corrected chi connectivity index (χ4v) is 4.12. The van der Waals surface area contributed by atoms with Gasteiger partial charge < -0.3 is 11.6 Å². The molecule has 0 aromatic carbocycles. The van der Waals surface area contributed by atoms with Crippen LogP contribution in [0.4, 0.5) is 0 Å². The number of carbonyl (C=O) groups is 2. The van der Waals surface area contributed by atoms with Gasteiger partial charge in [0.05, 0.1) is 0 Å². The molecular formula is C25H49LiO4. The van der Waals surface area contributed by atoms with Gasteiger partial charge >= 0.3 is 30.8 Å². The molecule has 0 aromatic rings. The fraction of sp³-hybridized carbons (Fsp3) is 0.920. The summed E-state index contributed by atoms with van der Waals surface area (Å²) in [5.74, 6) is -2.30. The van der Waals surface area contributed by atoms with Crippen molar-refractivity contribution in [3.63, 3.8) is 0 Å².